The van der Waals surface area contributed by atoms with Crippen LogP contribution in [0.5, 0.6) is 0 Å². The topological polar surface area (TPSA) is 89.7 Å². The first kappa shape index (κ1) is 30.3. The molecule has 2 N–H and O–H groups in total. The van der Waals surface area contributed by atoms with Crippen LogP contribution in [0.25, 0.3) is 11.0 Å². The van der Waals surface area contributed by atoms with Crippen LogP contribution >= 0.6 is 11.6 Å². The number of anilines is 1. The second-order valence-corrected chi connectivity index (χ2v) is 10.2. The van der Waals surface area contributed by atoms with Crippen LogP contribution in [0.2, 0.25) is 5.02 Å². The highest BCUT2D eigenvalue weighted by Crippen LogP contribution is 2.23. The molecule has 0 saturated heterocycles. The summed E-state index contributed by atoms with van der Waals surface area (Å²) in [5.41, 5.74) is 5.80. The zero-order valence-corrected chi connectivity index (χ0v) is 24.2. The first-order chi connectivity index (χ1) is 19.0. The molecule has 212 valence electrons. The van der Waals surface area contributed by atoms with Crippen LogP contribution in [0.4, 0.5) is 10.5 Å². The summed E-state index contributed by atoms with van der Waals surface area (Å²) in [5, 5.41) is 7.31. The minimum atomic E-state index is -0.569. The van der Waals surface area contributed by atoms with Gasteiger partial charge in [-0.3, -0.25) is 0 Å². The van der Waals surface area contributed by atoms with E-state index >= 15 is 0 Å². The number of hydrogen-bond acceptors (Lipinski definition) is 4. The molecule has 2 aromatic carbocycles. The Morgan fingerprint density at radius 3 is 2.21 bits per heavy atom. The van der Waals surface area contributed by atoms with Crippen molar-refractivity contribution in [2.45, 2.75) is 84.6 Å². The summed E-state index contributed by atoms with van der Waals surface area (Å²) in [6.07, 6.45) is 12.2. The van der Waals surface area contributed by atoms with Gasteiger partial charge in [0.2, 0.25) is 5.62 Å². The van der Waals surface area contributed by atoms with Crippen molar-refractivity contribution in [2.24, 2.45) is 12.1 Å². The van der Waals surface area contributed by atoms with E-state index in [1.807, 2.05) is 47.4 Å². The largest absolute Gasteiger partial charge is 0.462 e. The monoisotopic (exact) mass is 555 g/mol. The van der Waals surface area contributed by atoms with Gasteiger partial charge in [-0.15, -0.1) is 5.10 Å². The smallest absolute Gasteiger partial charge is 0.339 e. The number of para-hydroxylation sites is 2. The standard InChI is InChI=1S/C30H42ClN5O3/c1-4-6-7-8-9-10-11-12-13-16-21-39-28(37)23-19-20-24(31)25(22-23)32-29(38)33-34-30-35(3)26-17-14-15-18-27(26)36(30)5-2/h14-15,17-20,22H,4-13,16,21H2,1-3H3,(H2,32,33,38)/b34-30+. The average molecular weight is 556 g/mol. The lowest BCUT2D eigenvalue weighted by molar-refractivity contribution is 0.0497. The summed E-state index contributed by atoms with van der Waals surface area (Å²) in [4.78, 5) is 25.2. The van der Waals surface area contributed by atoms with Crippen LogP contribution in [0.3, 0.4) is 0 Å². The van der Waals surface area contributed by atoms with Crippen molar-refractivity contribution < 1.29 is 14.3 Å². The molecule has 39 heavy (non-hydrogen) atoms. The minimum absolute atomic E-state index is 0.304. The van der Waals surface area contributed by atoms with Gasteiger partial charge in [-0.1, -0.05) is 88.4 Å². The summed E-state index contributed by atoms with van der Waals surface area (Å²) in [7, 11) is 1.90. The number of aryl methyl sites for hydroxylation is 2. The van der Waals surface area contributed by atoms with Crippen molar-refractivity contribution in [2.75, 3.05) is 11.9 Å². The van der Waals surface area contributed by atoms with E-state index < -0.39 is 12.0 Å². The van der Waals surface area contributed by atoms with Gasteiger partial charge in [-0.25, -0.2) is 15.0 Å². The van der Waals surface area contributed by atoms with E-state index in [0.29, 0.717) is 35.0 Å². The molecule has 2 amide bonds. The first-order valence-electron chi connectivity index (χ1n) is 14.2. The number of halogens is 1. The van der Waals surface area contributed by atoms with E-state index in [4.69, 9.17) is 16.3 Å². The number of carbonyl (C=O) groups excluding carboxylic acids is 2. The number of benzene rings is 2. The van der Waals surface area contributed by atoms with Gasteiger partial charge in [-0.05, 0) is 43.7 Å². The third-order valence-electron chi connectivity index (χ3n) is 6.83. The SMILES string of the molecule is CCCCCCCCCCCCOC(=O)c1ccc(Cl)c(NC(=O)N/N=c2\n(C)c3ccccc3n2CC)c1. The maximum atomic E-state index is 12.6. The Balaban J connectivity index is 1.48. The Bertz CT molecular complexity index is 1300. The molecular formula is C30H42ClN5O3. The summed E-state index contributed by atoms with van der Waals surface area (Å²) < 4.78 is 9.36. The predicted octanol–water partition coefficient (Wildman–Crippen LogP) is 7.37. The molecule has 0 radical (unpaired) electrons. The third kappa shape index (κ3) is 8.88. The van der Waals surface area contributed by atoms with Crippen molar-refractivity contribution in [3.8, 4) is 0 Å². The molecule has 0 spiro atoms. The molecule has 1 aromatic heterocycles. The fourth-order valence-electron chi connectivity index (χ4n) is 4.66. The number of nitrogens with zero attached hydrogens (tertiary/aromatic N) is 3. The molecule has 1 heterocycles. The van der Waals surface area contributed by atoms with E-state index in [-0.39, 0.29) is 0 Å². The van der Waals surface area contributed by atoms with Crippen molar-refractivity contribution in [1.82, 2.24) is 14.6 Å². The van der Waals surface area contributed by atoms with Gasteiger partial charge >= 0.3 is 12.0 Å². The number of fused-ring (bicyclic) bond motifs is 1. The Hall–Kier alpha value is -3.26. The predicted molar refractivity (Wildman–Crippen MR) is 158 cm³/mol. The first-order valence-corrected chi connectivity index (χ1v) is 14.6. The summed E-state index contributed by atoms with van der Waals surface area (Å²) in [6.45, 7) is 5.33. The lowest BCUT2D eigenvalue weighted by Gasteiger charge is -2.10. The number of aromatic nitrogens is 2. The highest BCUT2D eigenvalue weighted by atomic mass is 35.5. The molecule has 9 heteroatoms. The van der Waals surface area contributed by atoms with E-state index in [1.165, 1.54) is 51.0 Å². The van der Waals surface area contributed by atoms with E-state index in [1.54, 1.807) is 12.1 Å². The minimum Gasteiger partial charge on any atom is -0.462 e. The molecule has 0 atom stereocenters. The van der Waals surface area contributed by atoms with Gasteiger partial charge < -0.3 is 19.2 Å². The number of ether oxygens (including phenoxy) is 1. The Kier molecular flexibility index (Phi) is 12.4. The van der Waals surface area contributed by atoms with Crippen LogP contribution in [0, 0.1) is 0 Å². The molecule has 0 aliphatic carbocycles. The van der Waals surface area contributed by atoms with Crippen LogP contribution in [0.1, 0.15) is 88.4 Å². The fourth-order valence-corrected chi connectivity index (χ4v) is 4.82. The fraction of sp³-hybridized carbons (Fsp3) is 0.500. The number of unbranched alkanes of at least 4 members (excludes halogenated alkanes) is 9. The number of imidazole rings is 1. The molecule has 0 unspecified atom stereocenters. The van der Waals surface area contributed by atoms with Gasteiger partial charge in [0.25, 0.3) is 0 Å². The molecule has 0 aliphatic heterocycles. The molecule has 0 saturated carbocycles. The average Bonchev–Trinajstić information content (AvgIpc) is 3.22. The van der Waals surface area contributed by atoms with Gasteiger partial charge in [0.15, 0.2) is 0 Å². The second kappa shape index (κ2) is 16.0. The van der Waals surface area contributed by atoms with Gasteiger partial charge in [0, 0.05) is 13.6 Å². The normalized spacial score (nSPS) is 11.6. The number of hydrogen-bond donors (Lipinski definition) is 2. The third-order valence-corrected chi connectivity index (χ3v) is 7.16. The van der Waals surface area contributed by atoms with E-state index in [0.717, 1.165) is 30.3 Å². The highest BCUT2D eigenvalue weighted by Gasteiger charge is 2.13. The summed E-state index contributed by atoms with van der Waals surface area (Å²) >= 11 is 6.28. The number of rotatable bonds is 15. The van der Waals surface area contributed by atoms with E-state index in [2.05, 4.69) is 22.8 Å². The van der Waals surface area contributed by atoms with Gasteiger partial charge in [0.05, 0.1) is 33.9 Å². The zero-order chi connectivity index (χ0) is 28.0. The number of amides is 2. The molecule has 3 rings (SSSR count). The lowest BCUT2D eigenvalue weighted by atomic mass is 10.1. The molecule has 0 bridgehead atoms. The van der Waals surface area contributed by atoms with Crippen LogP contribution in [0.15, 0.2) is 47.6 Å². The van der Waals surface area contributed by atoms with Crippen molar-refractivity contribution in [1.29, 1.82) is 0 Å². The van der Waals surface area contributed by atoms with Crippen molar-refractivity contribution in [3.63, 3.8) is 0 Å². The molecule has 3 aromatic rings. The van der Waals surface area contributed by atoms with Gasteiger partial charge in [0.1, 0.15) is 0 Å². The maximum Gasteiger partial charge on any atom is 0.339 e. The summed E-state index contributed by atoms with van der Waals surface area (Å²) in [6, 6.07) is 12.1. The van der Waals surface area contributed by atoms with Crippen molar-refractivity contribution in [3.05, 3.63) is 58.7 Å². The molecule has 0 aliphatic rings. The number of carbonyl (C=O) groups is 2. The van der Waals surface area contributed by atoms with Crippen LogP contribution in [-0.2, 0) is 18.3 Å². The quantitative estimate of drug-likeness (QED) is 0.116. The van der Waals surface area contributed by atoms with Crippen LogP contribution in [-0.4, -0.2) is 27.7 Å². The zero-order valence-electron chi connectivity index (χ0n) is 23.5. The second-order valence-electron chi connectivity index (χ2n) is 9.78. The number of esters is 1. The Labute approximate surface area is 236 Å². The summed E-state index contributed by atoms with van der Waals surface area (Å²) in [5.74, 6) is -0.435. The lowest BCUT2D eigenvalue weighted by Crippen LogP contribution is -2.32. The van der Waals surface area contributed by atoms with Gasteiger partial charge in [-0.2, -0.15) is 0 Å². The van der Waals surface area contributed by atoms with E-state index in [9.17, 15) is 9.59 Å². The molecule has 0 fully saturated rings. The number of urea groups is 1. The highest BCUT2D eigenvalue weighted by molar-refractivity contribution is 6.33. The molecular weight excluding hydrogens is 514 g/mol. The molecule has 8 nitrogen and oxygen atoms in total. The maximum absolute atomic E-state index is 12.6. The Morgan fingerprint density at radius 2 is 1.54 bits per heavy atom. The Morgan fingerprint density at radius 1 is 0.897 bits per heavy atom. The number of nitrogens with one attached hydrogen (secondary N) is 2. The van der Waals surface area contributed by atoms with Crippen LogP contribution < -0.4 is 16.4 Å². The van der Waals surface area contributed by atoms with Crippen molar-refractivity contribution >= 4 is 40.3 Å².